The molecule has 5 atom stereocenters. The average Bonchev–Trinajstić information content (AvgIpc) is 3.99. The van der Waals surface area contributed by atoms with Crippen molar-refractivity contribution in [2.75, 3.05) is 26.4 Å². The van der Waals surface area contributed by atoms with Gasteiger partial charge in [-0.15, -0.1) is 0 Å². The molecular weight excluding hydrogens is 838 g/mol. The van der Waals surface area contributed by atoms with Crippen molar-refractivity contribution >= 4 is 27.6 Å². The molecule has 0 radical (unpaired) electrons. The van der Waals surface area contributed by atoms with E-state index in [0.29, 0.717) is 31.5 Å². The molecule has 356 valence electrons. The fourth-order valence-electron chi connectivity index (χ4n) is 5.94. The van der Waals surface area contributed by atoms with Crippen molar-refractivity contribution < 1.29 is 66.3 Å². The molecule has 0 saturated carbocycles. The van der Waals surface area contributed by atoms with Crippen molar-refractivity contribution in [1.29, 1.82) is 0 Å². The van der Waals surface area contributed by atoms with Crippen LogP contribution in [0.2, 0.25) is 0 Å². The van der Waals surface area contributed by atoms with E-state index in [1.165, 1.54) is 44.9 Å². The van der Waals surface area contributed by atoms with Crippen molar-refractivity contribution in [3.63, 3.8) is 0 Å². The van der Waals surface area contributed by atoms with E-state index in [1.807, 2.05) is 18.2 Å². The van der Waals surface area contributed by atoms with Crippen molar-refractivity contribution in [3.8, 4) is 0 Å². The second kappa shape index (κ2) is 37.9. The summed E-state index contributed by atoms with van der Waals surface area (Å²) >= 11 is 0. The van der Waals surface area contributed by atoms with Crippen LogP contribution in [0.15, 0.2) is 72.9 Å². The number of carbonyl (C=O) groups is 2. The molecule has 4 N–H and O–H groups in total. The van der Waals surface area contributed by atoms with Gasteiger partial charge in [-0.2, -0.15) is 0 Å². The maximum atomic E-state index is 12.7. The number of unbranched alkanes of at least 4 members (excludes halogenated alkanes) is 11. The summed E-state index contributed by atoms with van der Waals surface area (Å²) in [5, 5.41) is 9.75. The van der Waals surface area contributed by atoms with Crippen molar-refractivity contribution in [1.82, 2.24) is 0 Å². The molecule has 1 aliphatic rings. The Morgan fingerprint density at radius 3 is 1.66 bits per heavy atom. The van der Waals surface area contributed by atoms with Crippen LogP contribution in [0, 0.1) is 0 Å². The van der Waals surface area contributed by atoms with Gasteiger partial charge in [-0.1, -0.05) is 138 Å². The van der Waals surface area contributed by atoms with Gasteiger partial charge in [0.05, 0.1) is 32.0 Å². The van der Waals surface area contributed by atoms with Crippen LogP contribution in [0.25, 0.3) is 0 Å². The fourth-order valence-corrected chi connectivity index (χ4v) is 7.09. The number of hydrogen-bond donors (Lipinski definition) is 4. The summed E-state index contributed by atoms with van der Waals surface area (Å²) < 4.78 is 53.4. The zero-order chi connectivity index (χ0) is 45.6. The van der Waals surface area contributed by atoms with E-state index < -0.39 is 66.2 Å². The number of ether oxygens (including phenoxy) is 3. The SMILES string of the molecule is CC/C=C\CC1OC1C/C=C\C/C=C\C/C=C\C/C=C\CCC(=O)O[C@H](COC(=O)CCCCCCCCC/C=C\CCCCCC)COP(=O)(O)OC[C@@H](O)COP(=O)(O)O. The van der Waals surface area contributed by atoms with Gasteiger partial charge in [-0.3, -0.25) is 23.2 Å². The number of carbonyl (C=O) groups excluding carboxylic acids is 2. The summed E-state index contributed by atoms with van der Waals surface area (Å²) in [7, 11) is -9.71. The molecule has 0 aromatic carbocycles. The highest BCUT2D eigenvalue weighted by Crippen LogP contribution is 2.44. The van der Waals surface area contributed by atoms with Gasteiger partial charge in [-0.05, 0) is 77.0 Å². The molecule has 0 aromatic rings. The van der Waals surface area contributed by atoms with Gasteiger partial charge in [0.2, 0.25) is 0 Å². The average molecular weight is 917 g/mol. The second-order valence-electron chi connectivity index (χ2n) is 15.3. The molecule has 1 heterocycles. The smallest absolute Gasteiger partial charge is 0.462 e. The van der Waals surface area contributed by atoms with Gasteiger partial charge in [0.25, 0.3) is 0 Å². The first-order valence-corrected chi connectivity index (χ1v) is 25.8. The van der Waals surface area contributed by atoms with E-state index >= 15 is 0 Å². The number of rotatable bonds is 41. The Morgan fingerprint density at radius 2 is 1.06 bits per heavy atom. The lowest BCUT2D eigenvalue weighted by Gasteiger charge is -2.20. The summed E-state index contributed by atoms with van der Waals surface area (Å²) in [6, 6.07) is 0. The van der Waals surface area contributed by atoms with Crippen LogP contribution in [0.5, 0.6) is 0 Å². The highest BCUT2D eigenvalue weighted by atomic mass is 31.2. The Morgan fingerprint density at radius 1 is 0.565 bits per heavy atom. The molecule has 62 heavy (non-hydrogen) atoms. The molecule has 0 aromatic heterocycles. The Bertz CT molecular complexity index is 1440. The minimum atomic E-state index is -4.88. The van der Waals surface area contributed by atoms with Crippen LogP contribution in [0.3, 0.4) is 0 Å². The van der Waals surface area contributed by atoms with E-state index in [4.69, 9.17) is 28.5 Å². The lowest BCUT2D eigenvalue weighted by Crippen LogP contribution is -2.29. The number of phosphoric acid groups is 2. The fraction of sp³-hybridized carbons (Fsp3) is 0.696. The number of aliphatic hydroxyl groups excluding tert-OH is 1. The highest BCUT2D eigenvalue weighted by molar-refractivity contribution is 7.47. The molecular formula is C46H78O14P2. The standard InChI is InChI=1S/C46H78O14P2/c1-3-5-7-8-9-10-11-12-13-14-18-21-24-27-31-35-45(48)55-39-42(40-58-62(53,54)57-38-41(47)37-56-61(50,51)52)59-46(49)36-32-28-25-22-19-16-15-17-20-23-26-30-34-44-43(60-44)33-29-6-4-2/h6,10-11,16-17,19-20,25-26,28-30,41-44,47H,3-5,7-9,12-15,18,21-24,27,31-40H2,1-2H3,(H,53,54)(H2,50,51,52)/b11-10-,19-16-,20-17-,28-25-,29-6-,30-26-/t41-,42+,43?,44?/m0/s1. The molecule has 3 unspecified atom stereocenters. The van der Waals surface area contributed by atoms with E-state index in [-0.39, 0.29) is 12.8 Å². The number of epoxide rings is 1. The van der Waals surface area contributed by atoms with E-state index in [0.717, 1.165) is 64.2 Å². The summed E-state index contributed by atoms with van der Waals surface area (Å²) in [6.45, 7) is 1.53. The zero-order valence-electron chi connectivity index (χ0n) is 37.4. The Labute approximate surface area is 371 Å². The predicted octanol–water partition coefficient (Wildman–Crippen LogP) is 10.8. The first kappa shape index (κ1) is 57.5. The number of hydrogen-bond acceptors (Lipinski definition) is 11. The number of aliphatic hydroxyl groups is 1. The van der Waals surface area contributed by atoms with Crippen LogP contribution in [-0.4, -0.2) is 82.6 Å². The predicted molar refractivity (Wildman–Crippen MR) is 243 cm³/mol. The third-order valence-corrected chi connectivity index (χ3v) is 10.9. The number of allylic oxidation sites excluding steroid dienone is 10. The van der Waals surface area contributed by atoms with Crippen LogP contribution in [0.4, 0.5) is 0 Å². The molecule has 1 saturated heterocycles. The van der Waals surface area contributed by atoms with Gasteiger partial charge in [0, 0.05) is 12.8 Å². The van der Waals surface area contributed by atoms with Crippen LogP contribution in [0.1, 0.15) is 155 Å². The van der Waals surface area contributed by atoms with Crippen molar-refractivity contribution in [2.45, 2.75) is 180 Å². The summed E-state index contributed by atoms with van der Waals surface area (Å²) in [5.41, 5.74) is 0. The van der Waals surface area contributed by atoms with E-state index in [9.17, 15) is 28.7 Å². The Balaban J connectivity index is 2.40. The number of esters is 2. The lowest BCUT2D eigenvalue weighted by atomic mass is 10.1. The van der Waals surface area contributed by atoms with Gasteiger partial charge in [0.15, 0.2) is 6.10 Å². The molecule has 16 heteroatoms. The largest absolute Gasteiger partial charge is 0.472 e. The van der Waals surface area contributed by atoms with Crippen LogP contribution >= 0.6 is 15.6 Å². The van der Waals surface area contributed by atoms with Crippen LogP contribution < -0.4 is 0 Å². The van der Waals surface area contributed by atoms with Gasteiger partial charge in [0.1, 0.15) is 12.7 Å². The normalized spacial score (nSPS) is 17.9. The van der Waals surface area contributed by atoms with Crippen molar-refractivity contribution in [3.05, 3.63) is 72.9 Å². The van der Waals surface area contributed by atoms with Gasteiger partial charge < -0.3 is 34.0 Å². The molecule has 14 nitrogen and oxygen atoms in total. The second-order valence-corrected chi connectivity index (χ2v) is 18.0. The maximum absolute atomic E-state index is 12.7. The highest BCUT2D eigenvalue weighted by Gasteiger charge is 2.36. The third-order valence-electron chi connectivity index (χ3n) is 9.48. The monoisotopic (exact) mass is 916 g/mol. The first-order chi connectivity index (χ1) is 29.8. The van der Waals surface area contributed by atoms with Crippen molar-refractivity contribution in [2.24, 2.45) is 0 Å². The Hall–Kier alpha value is -2.48. The molecule has 0 aliphatic carbocycles. The minimum Gasteiger partial charge on any atom is -0.462 e. The molecule has 0 spiro atoms. The molecule has 1 fully saturated rings. The lowest BCUT2D eigenvalue weighted by molar-refractivity contribution is -0.161. The third kappa shape index (κ3) is 38.0. The van der Waals surface area contributed by atoms with Gasteiger partial charge >= 0.3 is 27.6 Å². The number of phosphoric ester groups is 2. The summed E-state index contributed by atoms with van der Waals surface area (Å²) in [6.07, 6.45) is 43.7. The van der Waals surface area contributed by atoms with Crippen LogP contribution in [-0.2, 0) is 46.5 Å². The minimum absolute atomic E-state index is 0.000770. The molecule has 0 bridgehead atoms. The topological polar surface area (TPSA) is 208 Å². The zero-order valence-corrected chi connectivity index (χ0v) is 39.2. The Kier molecular flexibility index (Phi) is 35.1. The summed E-state index contributed by atoms with van der Waals surface area (Å²) in [5.74, 6) is -1.14. The quantitative estimate of drug-likeness (QED) is 0.0148. The maximum Gasteiger partial charge on any atom is 0.472 e. The summed E-state index contributed by atoms with van der Waals surface area (Å²) in [4.78, 5) is 52.7. The first-order valence-electron chi connectivity index (χ1n) is 22.8. The van der Waals surface area contributed by atoms with Gasteiger partial charge in [-0.25, -0.2) is 9.13 Å². The van der Waals surface area contributed by atoms with E-state index in [2.05, 4.69) is 77.6 Å². The van der Waals surface area contributed by atoms with E-state index in [1.54, 1.807) is 0 Å². The molecule has 1 aliphatic heterocycles. The molecule has 1 rings (SSSR count). The molecule has 0 amide bonds.